The minimum absolute atomic E-state index is 0.172. The van der Waals surface area contributed by atoms with Crippen LogP contribution in [-0.4, -0.2) is 45.6 Å². The van der Waals surface area contributed by atoms with Crippen LogP contribution < -0.4 is 10.2 Å². The van der Waals surface area contributed by atoms with Gasteiger partial charge in [0.1, 0.15) is 17.3 Å². The Morgan fingerprint density at radius 3 is 2.81 bits per heavy atom. The van der Waals surface area contributed by atoms with Crippen LogP contribution in [0.15, 0.2) is 54.7 Å². The van der Waals surface area contributed by atoms with Gasteiger partial charge in [-0.25, -0.2) is 4.98 Å². The third kappa shape index (κ3) is 6.12. The molecule has 0 saturated heterocycles. The van der Waals surface area contributed by atoms with Crippen LogP contribution in [0, 0.1) is 17.8 Å². The van der Waals surface area contributed by atoms with Gasteiger partial charge in [0.2, 0.25) is 11.9 Å². The maximum Gasteiger partial charge on any atom is 0.270 e. The van der Waals surface area contributed by atoms with Gasteiger partial charge in [0, 0.05) is 36.6 Å². The zero-order valence-electron chi connectivity index (χ0n) is 20.4. The molecule has 3 heterocycles. The third-order valence-corrected chi connectivity index (χ3v) is 5.81. The van der Waals surface area contributed by atoms with Crippen molar-refractivity contribution in [3.63, 3.8) is 0 Å². The Labute approximate surface area is 209 Å². The average Bonchev–Trinajstić information content (AvgIpc) is 2.94. The first-order chi connectivity index (χ1) is 17.1. The first kappa shape index (κ1) is 25.0. The van der Waals surface area contributed by atoms with Gasteiger partial charge in [-0.2, -0.15) is 4.39 Å². The molecule has 184 valence electrons. The van der Waals surface area contributed by atoms with Gasteiger partial charge in [0.25, 0.3) is 5.91 Å². The predicted octanol–water partition coefficient (Wildman–Crippen LogP) is 3.04. The fourth-order valence-electron chi connectivity index (χ4n) is 4.00. The quantitative estimate of drug-likeness (QED) is 0.437. The van der Waals surface area contributed by atoms with E-state index in [1.54, 1.807) is 45.2 Å². The van der Waals surface area contributed by atoms with Crippen LogP contribution in [0.4, 0.5) is 10.1 Å². The number of carbonyl (C=O) groups excluding carboxylic acids is 2. The maximum absolute atomic E-state index is 13.4. The molecule has 0 saturated carbocycles. The lowest BCUT2D eigenvalue weighted by atomic mass is 10.0. The van der Waals surface area contributed by atoms with Gasteiger partial charge in [-0.05, 0) is 74.2 Å². The Hall–Kier alpha value is -4.09. The number of hydrogen-bond donors (Lipinski definition) is 2. The fourth-order valence-corrected chi connectivity index (χ4v) is 4.00. The van der Waals surface area contributed by atoms with Gasteiger partial charge >= 0.3 is 0 Å². The molecule has 1 unspecified atom stereocenters. The smallest absolute Gasteiger partial charge is 0.270 e. The summed E-state index contributed by atoms with van der Waals surface area (Å²) in [6.07, 6.45) is 2.88. The molecule has 0 radical (unpaired) electrons. The molecule has 1 atom stereocenters. The Kier molecular flexibility index (Phi) is 7.13. The molecule has 0 bridgehead atoms. The number of halogens is 1. The number of fused-ring (bicyclic) bond motifs is 1. The van der Waals surface area contributed by atoms with E-state index in [0.29, 0.717) is 30.5 Å². The predicted molar refractivity (Wildman–Crippen MR) is 134 cm³/mol. The van der Waals surface area contributed by atoms with E-state index in [4.69, 9.17) is 0 Å². The van der Waals surface area contributed by atoms with Crippen LogP contribution in [0.5, 0.6) is 0 Å². The largest absolute Gasteiger partial charge is 0.378 e. The molecule has 8 heteroatoms. The number of anilines is 1. The van der Waals surface area contributed by atoms with Gasteiger partial charge in [-0.3, -0.25) is 14.6 Å². The molecule has 2 aromatic heterocycles. The normalized spacial score (nSPS) is 15.4. The van der Waals surface area contributed by atoms with Crippen molar-refractivity contribution in [1.82, 2.24) is 15.3 Å². The van der Waals surface area contributed by atoms with Crippen LogP contribution in [0.3, 0.4) is 0 Å². The highest BCUT2D eigenvalue weighted by atomic mass is 19.1. The monoisotopic (exact) mass is 486 g/mol. The van der Waals surface area contributed by atoms with Gasteiger partial charge < -0.3 is 15.3 Å². The zero-order chi connectivity index (χ0) is 25.9. The minimum Gasteiger partial charge on any atom is -0.378 e. The molecular formula is C28H27FN4O3. The summed E-state index contributed by atoms with van der Waals surface area (Å²) >= 11 is 0. The standard InChI is InChI=1S/C28H27FN4O3/c1-28(2,36)13-11-18-7-8-20-9-10-22(27(35)33(3)24(20)17-18)32-26(34)23-16-19(12-14-30-23)15-21-5-4-6-25(29)31-21/h4-8,12,14,16-17,22,36H,9-10,15H2,1-3H3,(H,32,34). The molecule has 1 aromatic carbocycles. The van der Waals surface area contributed by atoms with Gasteiger partial charge in [0.15, 0.2) is 0 Å². The number of hydrogen-bond acceptors (Lipinski definition) is 5. The summed E-state index contributed by atoms with van der Waals surface area (Å²) in [7, 11) is 1.67. The summed E-state index contributed by atoms with van der Waals surface area (Å²) < 4.78 is 13.4. The molecule has 2 amide bonds. The van der Waals surface area contributed by atoms with E-state index in [1.165, 1.54) is 17.2 Å². The van der Waals surface area contributed by atoms with Gasteiger partial charge in [0.05, 0.1) is 0 Å². The number of aromatic nitrogens is 2. The van der Waals surface area contributed by atoms with Crippen LogP contribution in [0.1, 0.15) is 53.1 Å². The first-order valence-electron chi connectivity index (χ1n) is 11.6. The third-order valence-electron chi connectivity index (χ3n) is 5.81. The van der Waals surface area contributed by atoms with Gasteiger partial charge in [-0.15, -0.1) is 0 Å². The molecule has 0 aliphatic carbocycles. The summed E-state index contributed by atoms with van der Waals surface area (Å²) in [6.45, 7) is 3.21. The Morgan fingerprint density at radius 2 is 2.06 bits per heavy atom. The van der Waals surface area contributed by atoms with Crippen LogP contribution >= 0.6 is 0 Å². The van der Waals surface area contributed by atoms with Crippen molar-refractivity contribution in [2.24, 2.45) is 0 Å². The molecule has 36 heavy (non-hydrogen) atoms. The highest BCUT2D eigenvalue weighted by molar-refractivity contribution is 6.02. The summed E-state index contributed by atoms with van der Waals surface area (Å²) in [5.41, 5.74) is 2.73. The van der Waals surface area contributed by atoms with Crippen molar-refractivity contribution in [1.29, 1.82) is 0 Å². The molecule has 4 rings (SSSR count). The van der Waals surface area contributed by atoms with Crippen molar-refractivity contribution in [3.05, 3.63) is 88.8 Å². The van der Waals surface area contributed by atoms with E-state index in [1.807, 2.05) is 18.2 Å². The molecular weight excluding hydrogens is 459 g/mol. The molecule has 2 N–H and O–H groups in total. The first-order valence-corrected chi connectivity index (χ1v) is 11.6. The number of amides is 2. The van der Waals surface area contributed by atoms with Crippen molar-refractivity contribution in [2.75, 3.05) is 11.9 Å². The topological polar surface area (TPSA) is 95.4 Å². The van der Waals surface area contributed by atoms with E-state index >= 15 is 0 Å². The van der Waals surface area contributed by atoms with Crippen molar-refractivity contribution >= 4 is 17.5 Å². The highest BCUT2D eigenvalue weighted by Crippen LogP contribution is 2.27. The second kappa shape index (κ2) is 10.3. The molecule has 3 aromatic rings. The maximum atomic E-state index is 13.4. The summed E-state index contributed by atoms with van der Waals surface area (Å²) in [5.74, 6) is 4.45. The highest BCUT2D eigenvalue weighted by Gasteiger charge is 2.30. The summed E-state index contributed by atoms with van der Waals surface area (Å²) in [5, 5.41) is 12.7. The lowest BCUT2D eigenvalue weighted by Crippen LogP contribution is -2.47. The van der Waals surface area contributed by atoms with E-state index < -0.39 is 23.5 Å². The molecule has 1 aliphatic rings. The number of nitrogens with one attached hydrogen (secondary N) is 1. The second-order valence-corrected chi connectivity index (χ2v) is 9.29. The van der Waals surface area contributed by atoms with Crippen molar-refractivity contribution in [2.45, 2.75) is 44.8 Å². The number of benzene rings is 1. The van der Waals surface area contributed by atoms with E-state index in [9.17, 15) is 19.1 Å². The number of likely N-dealkylation sites (N-methyl/N-ethyl adjacent to an activating group) is 1. The number of aliphatic hydroxyl groups is 1. The van der Waals surface area contributed by atoms with E-state index in [-0.39, 0.29) is 11.6 Å². The van der Waals surface area contributed by atoms with E-state index in [2.05, 4.69) is 27.1 Å². The lowest BCUT2D eigenvalue weighted by molar-refractivity contribution is -0.120. The number of rotatable bonds is 4. The Bertz CT molecular complexity index is 1370. The average molecular weight is 487 g/mol. The lowest BCUT2D eigenvalue weighted by Gasteiger charge is -2.22. The summed E-state index contributed by atoms with van der Waals surface area (Å²) in [4.78, 5) is 35.7. The number of pyridine rings is 2. The fraction of sp³-hybridized carbons (Fsp3) is 0.286. The molecule has 0 fully saturated rings. The van der Waals surface area contributed by atoms with Crippen LogP contribution in [-0.2, 0) is 17.6 Å². The van der Waals surface area contributed by atoms with Crippen LogP contribution in [0.2, 0.25) is 0 Å². The van der Waals surface area contributed by atoms with E-state index in [0.717, 1.165) is 16.8 Å². The summed E-state index contributed by atoms with van der Waals surface area (Å²) in [6, 6.07) is 12.8. The number of carbonyl (C=O) groups is 2. The number of aryl methyl sites for hydroxylation is 1. The zero-order valence-corrected chi connectivity index (χ0v) is 20.4. The molecule has 1 aliphatic heterocycles. The SMILES string of the molecule is CN1C(=O)C(NC(=O)c2cc(Cc3cccc(F)n3)ccn2)CCc2ccc(C#CC(C)(C)O)cc21. The van der Waals surface area contributed by atoms with Crippen molar-refractivity contribution in [3.8, 4) is 11.8 Å². The Morgan fingerprint density at radius 1 is 1.25 bits per heavy atom. The van der Waals surface area contributed by atoms with Crippen LogP contribution in [0.25, 0.3) is 0 Å². The molecule has 7 nitrogen and oxygen atoms in total. The minimum atomic E-state index is -1.12. The Balaban J connectivity index is 1.48. The van der Waals surface area contributed by atoms with Crippen molar-refractivity contribution < 1.29 is 19.1 Å². The van der Waals surface area contributed by atoms with Gasteiger partial charge in [-0.1, -0.05) is 24.0 Å². The second-order valence-electron chi connectivity index (χ2n) is 9.29. The number of nitrogens with zero attached hydrogens (tertiary/aromatic N) is 3. The molecule has 0 spiro atoms.